The molecule has 174 valence electrons. The van der Waals surface area contributed by atoms with Crippen molar-refractivity contribution in [1.82, 2.24) is 4.98 Å². The van der Waals surface area contributed by atoms with Gasteiger partial charge in [-0.15, -0.1) is 0 Å². The van der Waals surface area contributed by atoms with E-state index in [0.29, 0.717) is 17.3 Å². The number of carbonyl (C=O) groups is 2. The topological polar surface area (TPSA) is 79.7 Å². The number of methoxy groups -OCH3 is 1. The molecule has 1 saturated heterocycles. The molecule has 0 radical (unpaired) electrons. The quantitative estimate of drug-likeness (QED) is 0.260. The zero-order chi connectivity index (χ0) is 24.6. The van der Waals surface area contributed by atoms with Gasteiger partial charge in [0.05, 0.1) is 28.4 Å². The lowest BCUT2D eigenvalue weighted by Crippen LogP contribution is -2.29. The second-order valence-electron chi connectivity index (χ2n) is 8.14. The minimum atomic E-state index is -0.939. The first-order valence-electron chi connectivity index (χ1n) is 10.6. The van der Waals surface area contributed by atoms with Crippen molar-refractivity contribution in [2.45, 2.75) is 25.8 Å². The maximum Gasteiger partial charge on any atom is 0.300 e. The molecule has 0 aliphatic carbocycles. The van der Waals surface area contributed by atoms with Crippen molar-refractivity contribution in [2.75, 3.05) is 12.0 Å². The van der Waals surface area contributed by atoms with E-state index in [1.54, 1.807) is 36.5 Å². The molecule has 1 aliphatic rings. The van der Waals surface area contributed by atoms with Crippen LogP contribution in [0.4, 0.5) is 5.69 Å². The van der Waals surface area contributed by atoms with E-state index >= 15 is 0 Å². The fourth-order valence-electron chi connectivity index (χ4n) is 3.98. The number of rotatable bonds is 5. The van der Waals surface area contributed by atoms with Crippen LogP contribution in [0.2, 0.25) is 10.0 Å². The van der Waals surface area contributed by atoms with Crippen molar-refractivity contribution in [3.8, 4) is 5.75 Å². The molecule has 1 fully saturated rings. The Bertz CT molecular complexity index is 1260. The van der Waals surface area contributed by atoms with Crippen molar-refractivity contribution in [3.63, 3.8) is 0 Å². The summed E-state index contributed by atoms with van der Waals surface area (Å²) in [7, 11) is 1.42. The van der Waals surface area contributed by atoms with Gasteiger partial charge in [0.15, 0.2) is 5.75 Å². The maximum absolute atomic E-state index is 13.2. The van der Waals surface area contributed by atoms with Crippen LogP contribution in [0.15, 0.2) is 66.4 Å². The van der Waals surface area contributed by atoms with Crippen LogP contribution in [0.5, 0.6) is 5.75 Å². The zero-order valence-corrected chi connectivity index (χ0v) is 20.3. The molecule has 1 N–H and O–H groups in total. The van der Waals surface area contributed by atoms with Gasteiger partial charge in [0.25, 0.3) is 11.7 Å². The number of aromatic nitrogens is 1. The van der Waals surface area contributed by atoms with Crippen molar-refractivity contribution in [2.24, 2.45) is 0 Å². The number of amides is 1. The molecule has 3 aromatic rings. The summed E-state index contributed by atoms with van der Waals surface area (Å²) in [6, 6.07) is 14.5. The molecular weight excluding hydrogens is 475 g/mol. The average molecular weight is 497 g/mol. The number of nitrogens with zero attached hydrogens (tertiary/aromatic N) is 2. The number of hydrogen-bond acceptors (Lipinski definition) is 5. The Morgan fingerprint density at radius 3 is 2.24 bits per heavy atom. The molecule has 1 aromatic heterocycles. The Balaban J connectivity index is 1.91. The number of aliphatic hydroxyl groups excluding tert-OH is 1. The molecule has 8 heteroatoms. The Labute approximate surface area is 207 Å². The second kappa shape index (κ2) is 9.49. The van der Waals surface area contributed by atoms with E-state index in [-0.39, 0.29) is 26.9 Å². The third kappa shape index (κ3) is 4.15. The number of pyridine rings is 1. The third-order valence-electron chi connectivity index (χ3n) is 5.73. The number of ketones is 1. The molecule has 2 aromatic carbocycles. The van der Waals surface area contributed by atoms with Crippen molar-refractivity contribution in [3.05, 3.63) is 93.2 Å². The summed E-state index contributed by atoms with van der Waals surface area (Å²) < 4.78 is 5.16. The Morgan fingerprint density at radius 1 is 1.06 bits per heavy atom. The summed E-state index contributed by atoms with van der Waals surface area (Å²) in [5.41, 5.74) is 2.13. The number of Topliss-reactive ketones (excluding diaryl/α,β-unsaturated/α-hetero) is 1. The summed E-state index contributed by atoms with van der Waals surface area (Å²) in [6.07, 6.45) is 1.57. The largest absolute Gasteiger partial charge is 0.507 e. The Morgan fingerprint density at radius 2 is 1.71 bits per heavy atom. The lowest BCUT2D eigenvalue weighted by Gasteiger charge is -2.25. The first-order chi connectivity index (χ1) is 16.2. The van der Waals surface area contributed by atoms with Crippen LogP contribution >= 0.6 is 23.2 Å². The van der Waals surface area contributed by atoms with Gasteiger partial charge in [-0.05, 0) is 47.9 Å². The standard InChI is InChI=1S/C26H22Cl2N2O4/c1-14(2)15-7-9-17(10-8-15)30-22(20-6-4-5-11-29-20)21(24(32)26(30)33)23(31)16-12-18(27)25(34-3)19(28)13-16/h4-14,22,31H,1-3H3/b23-21+. The van der Waals surface area contributed by atoms with Gasteiger partial charge in [-0.25, -0.2) is 0 Å². The molecule has 4 rings (SSSR count). The average Bonchev–Trinajstić information content (AvgIpc) is 3.09. The van der Waals surface area contributed by atoms with E-state index in [9.17, 15) is 14.7 Å². The fourth-order valence-corrected chi connectivity index (χ4v) is 4.62. The normalized spacial score (nSPS) is 17.5. The van der Waals surface area contributed by atoms with Gasteiger partial charge in [0, 0.05) is 17.4 Å². The fraction of sp³-hybridized carbons (Fsp3) is 0.192. The predicted octanol–water partition coefficient (Wildman–Crippen LogP) is 6.15. The van der Waals surface area contributed by atoms with Crippen LogP contribution in [0, 0.1) is 0 Å². The van der Waals surface area contributed by atoms with Gasteiger partial charge >= 0.3 is 0 Å². The molecule has 1 aliphatic heterocycles. The van der Waals surface area contributed by atoms with Crippen LogP contribution in [-0.2, 0) is 9.59 Å². The monoisotopic (exact) mass is 496 g/mol. The highest BCUT2D eigenvalue weighted by atomic mass is 35.5. The van der Waals surface area contributed by atoms with Gasteiger partial charge in [-0.2, -0.15) is 0 Å². The molecule has 1 amide bonds. The highest BCUT2D eigenvalue weighted by molar-refractivity contribution is 6.51. The second-order valence-corrected chi connectivity index (χ2v) is 8.96. The summed E-state index contributed by atoms with van der Waals surface area (Å²) in [5.74, 6) is -1.45. The number of hydrogen-bond donors (Lipinski definition) is 1. The first-order valence-corrected chi connectivity index (χ1v) is 11.4. The highest BCUT2D eigenvalue weighted by Gasteiger charge is 2.47. The van der Waals surface area contributed by atoms with Crippen LogP contribution in [-0.4, -0.2) is 28.9 Å². The zero-order valence-electron chi connectivity index (χ0n) is 18.8. The smallest absolute Gasteiger partial charge is 0.300 e. The third-order valence-corrected chi connectivity index (χ3v) is 6.29. The predicted molar refractivity (Wildman–Crippen MR) is 133 cm³/mol. The van der Waals surface area contributed by atoms with Crippen LogP contribution in [0.1, 0.15) is 42.6 Å². The minimum Gasteiger partial charge on any atom is -0.507 e. The molecule has 0 spiro atoms. The van der Waals surface area contributed by atoms with Crippen molar-refractivity contribution < 1.29 is 19.4 Å². The number of ether oxygens (including phenoxy) is 1. The van der Waals surface area contributed by atoms with Crippen LogP contribution < -0.4 is 9.64 Å². The van der Waals surface area contributed by atoms with E-state index in [0.717, 1.165) is 5.56 Å². The molecule has 6 nitrogen and oxygen atoms in total. The van der Waals surface area contributed by atoms with Gasteiger partial charge < -0.3 is 9.84 Å². The van der Waals surface area contributed by atoms with E-state index in [4.69, 9.17) is 27.9 Å². The summed E-state index contributed by atoms with van der Waals surface area (Å²) >= 11 is 12.5. The van der Waals surface area contributed by atoms with E-state index in [2.05, 4.69) is 18.8 Å². The number of anilines is 1. The van der Waals surface area contributed by atoms with Crippen LogP contribution in [0.3, 0.4) is 0 Å². The molecule has 1 atom stereocenters. The first kappa shape index (κ1) is 23.8. The Kier molecular flexibility index (Phi) is 6.64. The summed E-state index contributed by atoms with van der Waals surface area (Å²) in [5, 5.41) is 11.5. The number of aliphatic hydroxyl groups is 1. The van der Waals surface area contributed by atoms with E-state index in [1.807, 2.05) is 12.1 Å². The van der Waals surface area contributed by atoms with Crippen molar-refractivity contribution >= 4 is 46.3 Å². The molecule has 2 heterocycles. The Hall–Kier alpha value is -3.35. The molecular formula is C26H22Cl2N2O4. The molecule has 0 saturated carbocycles. The van der Waals surface area contributed by atoms with Gasteiger partial charge in [0.1, 0.15) is 11.8 Å². The van der Waals surface area contributed by atoms with Gasteiger partial charge in [-0.1, -0.05) is 55.2 Å². The molecule has 34 heavy (non-hydrogen) atoms. The maximum atomic E-state index is 13.2. The highest BCUT2D eigenvalue weighted by Crippen LogP contribution is 2.43. The number of halogens is 2. The molecule has 1 unspecified atom stereocenters. The lowest BCUT2D eigenvalue weighted by molar-refractivity contribution is -0.132. The van der Waals surface area contributed by atoms with E-state index in [1.165, 1.54) is 24.1 Å². The summed E-state index contributed by atoms with van der Waals surface area (Å²) in [6.45, 7) is 4.14. The number of carbonyl (C=O) groups excluding carboxylic acids is 2. The molecule has 0 bridgehead atoms. The number of benzene rings is 2. The van der Waals surface area contributed by atoms with Crippen LogP contribution in [0.25, 0.3) is 5.76 Å². The van der Waals surface area contributed by atoms with Crippen molar-refractivity contribution in [1.29, 1.82) is 0 Å². The van der Waals surface area contributed by atoms with E-state index < -0.39 is 23.5 Å². The minimum absolute atomic E-state index is 0.103. The summed E-state index contributed by atoms with van der Waals surface area (Å²) in [4.78, 5) is 32.2. The van der Waals surface area contributed by atoms with Gasteiger partial charge in [-0.3, -0.25) is 19.5 Å². The lowest BCUT2D eigenvalue weighted by atomic mass is 9.97. The SMILES string of the molecule is COc1c(Cl)cc(/C(O)=C2\C(=O)C(=O)N(c3ccc(C(C)C)cc3)C2c2ccccn2)cc1Cl. The van der Waals surface area contributed by atoms with Gasteiger partial charge in [0.2, 0.25) is 0 Å².